The molecule has 0 aliphatic heterocycles. The van der Waals surface area contributed by atoms with Gasteiger partial charge >= 0.3 is 0 Å². The fourth-order valence-corrected chi connectivity index (χ4v) is 5.80. The van der Waals surface area contributed by atoms with Crippen molar-refractivity contribution in [2.75, 3.05) is 6.61 Å². The highest BCUT2D eigenvalue weighted by Crippen LogP contribution is 2.47. The summed E-state index contributed by atoms with van der Waals surface area (Å²) in [6.45, 7) is 1.32. The number of halogens is 5. The minimum atomic E-state index is -2.74. The van der Waals surface area contributed by atoms with E-state index in [1.807, 2.05) is 0 Å². The third-order valence-corrected chi connectivity index (χ3v) is 7.38. The predicted octanol–water partition coefficient (Wildman–Crippen LogP) is 6.30. The number of rotatable bonds is 5. The first-order chi connectivity index (χ1) is 12.8. The van der Waals surface area contributed by atoms with Crippen molar-refractivity contribution in [3.63, 3.8) is 0 Å². The van der Waals surface area contributed by atoms with Crippen LogP contribution in [0.2, 0.25) is 0 Å². The zero-order chi connectivity index (χ0) is 19.6. The molecule has 27 heavy (non-hydrogen) atoms. The van der Waals surface area contributed by atoms with Gasteiger partial charge in [-0.3, -0.25) is 0 Å². The maximum Gasteiger partial charge on any atom is 0.261 e. The van der Waals surface area contributed by atoms with E-state index < -0.39 is 37.7 Å². The van der Waals surface area contributed by atoms with Crippen LogP contribution in [0.5, 0.6) is 0 Å². The lowest BCUT2D eigenvalue weighted by Crippen LogP contribution is -2.46. The highest BCUT2D eigenvalue weighted by atomic mass is 19.3. The summed E-state index contributed by atoms with van der Waals surface area (Å²) in [6, 6.07) is 0. The van der Waals surface area contributed by atoms with E-state index in [2.05, 4.69) is 6.92 Å². The third kappa shape index (κ3) is 5.36. The molecule has 1 nitrogen and oxygen atoms in total. The molecule has 0 aromatic carbocycles. The molecule has 0 amide bonds. The highest BCUT2D eigenvalue weighted by Gasteiger charge is 2.46. The topological polar surface area (TPSA) is 9.23 Å². The Morgan fingerprint density at radius 3 is 1.85 bits per heavy atom. The van der Waals surface area contributed by atoms with E-state index in [9.17, 15) is 22.0 Å². The molecular formula is C21H33F5O. The molecule has 0 saturated heterocycles. The van der Waals surface area contributed by atoms with Gasteiger partial charge in [-0.2, -0.15) is 0 Å². The lowest BCUT2D eigenvalue weighted by molar-refractivity contribution is -0.118. The quantitative estimate of drug-likeness (QED) is 0.495. The first-order valence-corrected chi connectivity index (χ1v) is 10.7. The van der Waals surface area contributed by atoms with Crippen molar-refractivity contribution in [1.82, 2.24) is 0 Å². The van der Waals surface area contributed by atoms with Gasteiger partial charge in [-0.1, -0.05) is 19.8 Å². The largest absolute Gasteiger partial charge is 0.366 e. The monoisotopic (exact) mass is 396 g/mol. The minimum Gasteiger partial charge on any atom is -0.366 e. The summed E-state index contributed by atoms with van der Waals surface area (Å²) in [5.74, 6) is 1.10. The molecule has 3 aliphatic carbocycles. The first kappa shape index (κ1) is 21.3. The van der Waals surface area contributed by atoms with Crippen LogP contribution >= 0.6 is 0 Å². The van der Waals surface area contributed by atoms with Crippen LogP contribution in [0.15, 0.2) is 0 Å². The van der Waals surface area contributed by atoms with E-state index in [1.54, 1.807) is 0 Å². The molecule has 5 atom stereocenters. The molecule has 158 valence electrons. The van der Waals surface area contributed by atoms with Gasteiger partial charge in [0.05, 0.1) is 0 Å². The Morgan fingerprint density at radius 2 is 1.30 bits per heavy atom. The molecule has 5 unspecified atom stereocenters. The van der Waals surface area contributed by atoms with Crippen LogP contribution in [0.25, 0.3) is 0 Å². The average Bonchev–Trinajstić information content (AvgIpc) is 2.61. The zero-order valence-corrected chi connectivity index (χ0v) is 16.1. The smallest absolute Gasteiger partial charge is 0.261 e. The number of ether oxygens (including phenoxy) is 1. The fourth-order valence-electron chi connectivity index (χ4n) is 5.80. The van der Waals surface area contributed by atoms with Crippen molar-refractivity contribution >= 4 is 0 Å². The minimum absolute atomic E-state index is 0.0189. The van der Waals surface area contributed by atoms with Gasteiger partial charge in [0, 0.05) is 0 Å². The third-order valence-electron chi connectivity index (χ3n) is 7.38. The maximum absolute atomic E-state index is 14.9. The molecule has 3 aliphatic rings. The Morgan fingerprint density at radius 1 is 0.741 bits per heavy atom. The van der Waals surface area contributed by atoms with Gasteiger partial charge < -0.3 is 4.74 Å². The molecule has 0 N–H and O–H groups in total. The molecule has 3 saturated carbocycles. The van der Waals surface area contributed by atoms with Gasteiger partial charge in [0.25, 0.3) is 6.43 Å². The molecule has 0 bridgehead atoms. The summed E-state index contributed by atoms with van der Waals surface area (Å²) in [5.41, 5.74) is 0. The van der Waals surface area contributed by atoms with Crippen molar-refractivity contribution in [2.24, 2.45) is 29.6 Å². The van der Waals surface area contributed by atoms with Crippen molar-refractivity contribution in [2.45, 2.75) is 95.8 Å². The summed E-state index contributed by atoms with van der Waals surface area (Å²) in [4.78, 5) is 0. The van der Waals surface area contributed by atoms with Gasteiger partial charge in [-0.05, 0) is 74.5 Å². The maximum atomic E-state index is 14.9. The standard InChI is InChI=1S/C21H33F5O/c1-12-2-4-13(5-3-12)14-6-7-16(17(22)8-14)15-9-18(23)21(19(24)10-15)27-11-20(25)26/h12-21H,2-11H2,1H3. The summed E-state index contributed by atoms with van der Waals surface area (Å²) < 4.78 is 72.9. The van der Waals surface area contributed by atoms with Crippen LogP contribution < -0.4 is 0 Å². The van der Waals surface area contributed by atoms with E-state index in [1.165, 1.54) is 25.7 Å². The van der Waals surface area contributed by atoms with Crippen LogP contribution in [-0.2, 0) is 4.74 Å². The Bertz CT molecular complexity index is 442. The van der Waals surface area contributed by atoms with Crippen molar-refractivity contribution in [1.29, 1.82) is 0 Å². The van der Waals surface area contributed by atoms with Gasteiger partial charge in [-0.25, -0.2) is 22.0 Å². The lowest BCUT2D eigenvalue weighted by Gasteiger charge is -2.44. The van der Waals surface area contributed by atoms with Crippen LogP contribution in [0.4, 0.5) is 22.0 Å². The van der Waals surface area contributed by atoms with Crippen molar-refractivity contribution < 1.29 is 26.7 Å². The molecule has 0 heterocycles. The zero-order valence-electron chi connectivity index (χ0n) is 16.1. The summed E-state index contributed by atoms with van der Waals surface area (Å²) in [5, 5.41) is 0. The van der Waals surface area contributed by atoms with Gasteiger partial charge in [0.15, 0.2) is 0 Å². The van der Waals surface area contributed by atoms with Gasteiger partial charge in [0.2, 0.25) is 0 Å². The van der Waals surface area contributed by atoms with Gasteiger partial charge in [-0.15, -0.1) is 0 Å². The molecule has 3 fully saturated rings. The van der Waals surface area contributed by atoms with E-state index in [4.69, 9.17) is 4.74 Å². The Kier molecular flexibility index (Phi) is 7.43. The van der Waals surface area contributed by atoms with E-state index in [0.29, 0.717) is 24.7 Å². The Labute approximate surface area is 159 Å². The second kappa shape index (κ2) is 9.41. The van der Waals surface area contributed by atoms with Crippen LogP contribution in [0.3, 0.4) is 0 Å². The molecule has 0 aromatic heterocycles. The molecule has 0 aromatic rings. The van der Waals surface area contributed by atoms with Crippen LogP contribution in [0.1, 0.15) is 64.7 Å². The summed E-state index contributed by atoms with van der Waals surface area (Å²) in [6.07, 6.45) is -1.49. The highest BCUT2D eigenvalue weighted by molar-refractivity contribution is 4.95. The van der Waals surface area contributed by atoms with Crippen molar-refractivity contribution in [3.8, 4) is 0 Å². The average molecular weight is 396 g/mol. The second-order valence-corrected chi connectivity index (χ2v) is 9.23. The normalized spacial score (nSPS) is 46.6. The molecule has 6 heteroatoms. The summed E-state index contributed by atoms with van der Waals surface area (Å²) in [7, 11) is 0. The number of hydrogen-bond acceptors (Lipinski definition) is 1. The van der Waals surface area contributed by atoms with E-state index in [0.717, 1.165) is 12.3 Å². The van der Waals surface area contributed by atoms with Crippen LogP contribution in [0, 0.1) is 29.6 Å². The first-order valence-electron chi connectivity index (χ1n) is 10.7. The fraction of sp³-hybridized carbons (Fsp3) is 1.00. The molecule has 0 spiro atoms. The summed E-state index contributed by atoms with van der Waals surface area (Å²) >= 11 is 0. The Balaban J connectivity index is 1.51. The lowest BCUT2D eigenvalue weighted by atomic mass is 9.64. The van der Waals surface area contributed by atoms with E-state index >= 15 is 0 Å². The molecule has 0 radical (unpaired) electrons. The SMILES string of the molecule is CC1CCC(C2CCC(C3CC(F)C(OCC(F)F)C(F)C3)C(F)C2)CC1. The second-order valence-electron chi connectivity index (χ2n) is 9.23. The predicted molar refractivity (Wildman–Crippen MR) is 95.1 cm³/mol. The van der Waals surface area contributed by atoms with Crippen molar-refractivity contribution in [3.05, 3.63) is 0 Å². The Hall–Kier alpha value is -0.390. The van der Waals surface area contributed by atoms with Crippen LogP contribution in [-0.4, -0.2) is 37.7 Å². The molecule has 3 rings (SSSR count). The van der Waals surface area contributed by atoms with Gasteiger partial charge in [0.1, 0.15) is 31.2 Å². The molecular weight excluding hydrogens is 363 g/mol. The van der Waals surface area contributed by atoms with E-state index in [-0.39, 0.29) is 24.7 Å². The number of alkyl halides is 5. The number of hydrogen-bond donors (Lipinski definition) is 0.